The van der Waals surface area contributed by atoms with Crippen LogP contribution >= 0.6 is 0 Å². The van der Waals surface area contributed by atoms with Crippen molar-refractivity contribution < 1.29 is 0 Å². The van der Waals surface area contributed by atoms with Crippen molar-refractivity contribution in [2.45, 2.75) is 65.5 Å². The Morgan fingerprint density at radius 1 is 1.33 bits per heavy atom. The average molecular weight is 286 g/mol. The van der Waals surface area contributed by atoms with Gasteiger partial charge in [0.2, 0.25) is 0 Å². The normalized spacial score (nSPS) is 27.7. The smallest absolute Gasteiger partial charge is 0.0448 e. The SMILES string of the molecule is CCNC1C(N2CCCc3cc(C)ccc32)CCC1(C)C. The number of rotatable bonds is 3. The molecular weight excluding hydrogens is 256 g/mol. The van der Waals surface area contributed by atoms with Gasteiger partial charge in [-0.2, -0.15) is 0 Å². The molecule has 0 saturated heterocycles. The zero-order valence-electron chi connectivity index (χ0n) is 14.1. The Hall–Kier alpha value is -1.02. The van der Waals surface area contributed by atoms with Gasteiger partial charge in [0, 0.05) is 24.3 Å². The largest absolute Gasteiger partial charge is 0.367 e. The molecule has 116 valence electrons. The van der Waals surface area contributed by atoms with E-state index in [1.807, 2.05) is 0 Å². The summed E-state index contributed by atoms with van der Waals surface area (Å²) < 4.78 is 0. The molecule has 0 amide bonds. The molecule has 2 atom stereocenters. The van der Waals surface area contributed by atoms with Crippen LogP contribution in [0.15, 0.2) is 18.2 Å². The molecule has 0 radical (unpaired) electrons. The molecule has 2 aliphatic rings. The van der Waals surface area contributed by atoms with Gasteiger partial charge in [0.05, 0.1) is 0 Å². The minimum absolute atomic E-state index is 0.406. The minimum atomic E-state index is 0.406. The first kappa shape index (κ1) is 14.9. The third-order valence-electron chi connectivity index (χ3n) is 5.53. The van der Waals surface area contributed by atoms with E-state index in [9.17, 15) is 0 Å². The maximum atomic E-state index is 3.78. The fraction of sp³-hybridized carbons (Fsp3) is 0.684. The third-order valence-corrected chi connectivity index (χ3v) is 5.53. The molecule has 0 bridgehead atoms. The van der Waals surface area contributed by atoms with Gasteiger partial charge in [0.1, 0.15) is 0 Å². The van der Waals surface area contributed by atoms with Crippen LogP contribution in [0.3, 0.4) is 0 Å². The monoisotopic (exact) mass is 286 g/mol. The summed E-state index contributed by atoms with van der Waals surface area (Å²) >= 11 is 0. The molecule has 0 aromatic heterocycles. The quantitative estimate of drug-likeness (QED) is 0.906. The van der Waals surface area contributed by atoms with Crippen molar-refractivity contribution in [1.82, 2.24) is 5.32 Å². The van der Waals surface area contributed by atoms with Gasteiger partial charge in [-0.3, -0.25) is 0 Å². The van der Waals surface area contributed by atoms with E-state index in [1.165, 1.54) is 43.5 Å². The highest BCUT2D eigenvalue weighted by Crippen LogP contribution is 2.43. The van der Waals surface area contributed by atoms with E-state index in [1.54, 1.807) is 5.56 Å². The molecule has 1 fully saturated rings. The summed E-state index contributed by atoms with van der Waals surface area (Å²) in [7, 11) is 0. The number of nitrogens with one attached hydrogen (secondary N) is 1. The summed E-state index contributed by atoms with van der Waals surface area (Å²) in [6.07, 6.45) is 5.19. The van der Waals surface area contributed by atoms with E-state index >= 15 is 0 Å². The molecule has 0 spiro atoms. The predicted octanol–water partition coefficient (Wildman–Crippen LogP) is 3.91. The lowest BCUT2D eigenvalue weighted by Crippen LogP contribution is -2.53. The molecule has 1 saturated carbocycles. The number of benzene rings is 1. The summed E-state index contributed by atoms with van der Waals surface area (Å²) in [5, 5.41) is 3.78. The molecule has 1 N–H and O–H groups in total. The number of hydrogen-bond acceptors (Lipinski definition) is 2. The zero-order valence-corrected chi connectivity index (χ0v) is 14.1. The second-order valence-corrected chi connectivity index (χ2v) is 7.56. The first-order valence-corrected chi connectivity index (χ1v) is 8.62. The molecular formula is C19H30N2. The van der Waals surface area contributed by atoms with E-state index < -0.39 is 0 Å². The maximum absolute atomic E-state index is 3.78. The molecule has 2 heteroatoms. The number of anilines is 1. The average Bonchev–Trinajstić information content (AvgIpc) is 2.74. The summed E-state index contributed by atoms with van der Waals surface area (Å²) in [4.78, 5) is 2.71. The van der Waals surface area contributed by atoms with E-state index in [4.69, 9.17) is 0 Å². The summed E-state index contributed by atoms with van der Waals surface area (Å²) in [5.74, 6) is 0. The van der Waals surface area contributed by atoms with Crippen molar-refractivity contribution in [3.05, 3.63) is 29.3 Å². The fourth-order valence-corrected chi connectivity index (χ4v) is 4.43. The number of hydrogen-bond donors (Lipinski definition) is 1. The van der Waals surface area contributed by atoms with Gasteiger partial charge in [-0.05, 0) is 56.2 Å². The van der Waals surface area contributed by atoms with E-state index in [2.05, 4.69) is 56.1 Å². The van der Waals surface area contributed by atoms with Crippen LogP contribution in [-0.4, -0.2) is 25.2 Å². The van der Waals surface area contributed by atoms with Gasteiger partial charge in [-0.1, -0.05) is 38.5 Å². The second-order valence-electron chi connectivity index (χ2n) is 7.56. The molecule has 2 nitrogen and oxygen atoms in total. The Bertz CT molecular complexity index is 506. The lowest BCUT2D eigenvalue weighted by Gasteiger charge is -2.42. The summed E-state index contributed by atoms with van der Waals surface area (Å²) in [5.41, 5.74) is 4.85. The Balaban J connectivity index is 1.91. The van der Waals surface area contributed by atoms with Crippen molar-refractivity contribution >= 4 is 5.69 Å². The van der Waals surface area contributed by atoms with E-state index in [0.29, 0.717) is 17.5 Å². The number of nitrogens with zero attached hydrogens (tertiary/aromatic N) is 1. The number of aryl methyl sites for hydroxylation is 2. The first-order valence-electron chi connectivity index (χ1n) is 8.62. The van der Waals surface area contributed by atoms with Crippen LogP contribution in [0, 0.1) is 12.3 Å². The van der Waals surface area contributed by atoms with Crippen molar-refractivity contribution in [2.24, 2.45) is 5.41 Å². The van der Waals surface area contributed by atoms with Crippen LogP contribution in [0.4, 0.5) is 5.69 Å². The molecule has 3 rings (SSSR count). The Kier molecular flexibility index (Phi) is 4.00. The highest BCUT2D eigenvalue weighted by Gasteiger charge is 2.44. The summed E-state index contributed by atoms with van der Waals surface area (Å²) in [6, 6.07) is 8.29. The van der Waals surface area contributed by atoms with Gasteiger partial charge in [0.25, 0.3) is 0 Å². The Morgan fingerprint density at radius 2 is 2.14 bits per heavy atom. The molecule has 1 aromatic carbocycles. The molecule has 1 heterocycles. The highest BCUT2D eigenvalue weighted by molar-refractivity contribution is 5.58. The maximum Gasteiger partial charge on any atom is 0.0448 e. The number of fused-ring (bicyclic) bond motifs is 1. The van der Waals surface area contributed by atoms with Crippen molar-refractivity contribution in [3.63, 3.8) is 0 Å². The second kappa shape index (κ2) is 5.64. The van der Waals surface area contributed by atoms with Crippen LogP contribution in [0.5, 0.6) is 0 Å². The standard InChI is InChI=1S/C19H30N2/c1-5-20-18-17(10-11-19(18,3)4)21-12-6-7-15-13-14(2)8-9-16(15)21/h8-9,13,17-18,20H,5-7,10-12H2,1-4H3. The Morgan fingerprint density at radius 3 is 2.90 bits per heavy atom. The van der Waals surface area contributed by atoms with Gasteiger partial charge < -0.3 is 10.2 Å². The Labute approximate surface area is 129 Å². The van der Waals surface area contributed by atoms with Crippen LogP contribution in [-0.2, 0) is 6.42 Å². The van der Waals surface area contributed by atoms with Crippen LogP contribution in [0.25, 0.3) is 0 Å². The molecule has 1 aromatic rings. The lowest BCUT2D eigenvalue weighted by atomic mass is 9.85. The zero-order chi connectivity index (χ0) is 15.0. The number of likely N-dealkylation sites (N-methyl/N-ethyl adjacent to an activating group) is 1. The van der Waals surface area contributed by atoms with Crippen LogP contribution in [0.2, 0.25) is 0 Å². The highest BCUT2D eigenvalue weighted by atomic mass is 15.2. The molecule has 21 heavy (non-hydrogen) atoms. The van der Waals surface area contributed by atoms with Crippen LogP contribution in [0.1, 0.15) is 51.2 Å². The van der Waals surface area contributed by atoms with Crippen molar-refractivity contribution in [1.29, 1.82) is 0 Å². The molecule has 1 aliphatic heterocycles. The summed E-state index contributed by atoms with van der Waals surface area (Å²) in [6.45, 7) is 11.6. The van der Waals surface area contributed by atoms with Crippen LogP contribution < -0.4 is 10.2 Å². The van der Waals surface area contributed by atoms with Gasteiger partial charge in [-0.15, -0.1) is 0 Å². The van der Waals surface area contributed by atoms with Gasteiger partial charge in [-0.25, -0.2) is 0 Å². The third kappa shape index (κ3) is 2.70. The first-order chi connectivity index (χ1) is 10.0. The van der Waals surface area contributed by atoms with Crippen molar-refractivity contribution in [2.75, 3.05) is 18.0 Å². The van der Waals surface area contributed by atoms with Crippen molar-refractivity contribution in [3.8, 4) is 0 Å². The molecule has 1 aliphatic carbocycles. The van der Waals surface area contributed by atoms with E-state index in [-0.39, 0.29) is 0 Å². The fourth-order valence-electron chi connectivity index (χ4n) is 4.43. The van der Waals surface area contributed by atoms with Gasteiger partial charge >= 0.3 is 0 Å². The predicted molar refractivity (Wildman–Crippen MR) is 91.1 cm³/mol. The topological polar surface area (TPSA) is 15.3 Å². The van der Waals surface area contributed by atoms with Gasteiger partial charge in [0.15, 0.2) is 0 Å². The molecule has 2 unspecified atom stereocenters. The van der Waals surface area contributed by atoms with E-state index in [0.717, 1.165) is 6.54 Å². The lowest BCUT2D eigenvalue weighted by molar-refractivity contribution is 0.271. The minimum Gasteiger partial charge on any atom is -0.367 e.